The Morgan fingerprint density at radius 2 is 2.05 bits per heavy atom. The van der Waals surface area contributed by atoms with Gasteiger partial charge in [0.2, 0.25) is 10.0 Å². The number of hydrogen-bond acceptors (Lipinski definition) is 4. The molecule has 0 aliphatic heterocycles. The molecule has 0 saturated heterocycles. The predicted molar refractivity (Wildman–Crippen MR) is 71.2 cm³/mol. The number of rotatable bonds is 5. The summed E-state index contributed by atoms with van der Waals surface area (Å²) in [7, 11) is -2.51. The monoisotopic (exact) mass is 304 g/mol. The van der Waals surface area contributed by atoms with E-state index in [1.165, 1.54) is 7.11 Å². The number of methoxy groups -OCH3 is 1. The molecule has 1 aromatic carbocycles. The Morgan fingerprint density at radius 1 is 1.45 bits per heavy atom. The van der Waals surface area contributed by atoms with Crippen LogP contribution in [0.5, 0.6) is 0 Å². The average molecular weight is 304 g/mol. The van der Waals surface area contributed by atoms with Gasteiger partial charge in [-0.15, -0.1) is 0 Å². The van der Waals surface area contributed by atoms with Crippen molar-refractivity contribution in [3.63, 3.8) is 0 Å². The molecule has 20 heavy (non-hydrogen) atoms. The standard InChI is InChI=1S/C12H17FN2O4S/c1-12(2,19-3)7-15-11(16)9-5-4-8(6-10(9)13)20(14,17)18/h4-6H,7H2,1-3H3,(H,15,16)(H2,14,17,18). The Morgan fingerprint density at radius 3 is 2.50 bits per heavy atom. The molecule has 0 unspecified atom stereocenters. The van der Waals surface area contributed by atoms with Crippen molar-refractivity contribution in [2.75, 3.05) is 13.7 Å². The fourth-order valence-electron chi connectivity index (χ4n) is 1.32. The number of sulfonamides is 1. The summed E-state index contributed by atoms with van der Waals surface area (Å²) in [5.74, 6) is -1.61. The van der Waals surface area contributed by atoms with Gasteiger partial charge in [-0.3, -0.25) is 4.79 Å². The first-order valence-corrected chi connectivity index (χ1v) is 7.27. The Hall–Kier alpha value is -1.51. The number of ether oxygens (including phenoxy) is 1. The Kier molecular flexibility index (Phi) is 4.85. The number of carbonyl (C=O) groups excluding carboxylic acids is 1. The summed E-state index contributed by atoms with van der Waals surface area (Å²) >= 11 is 0. The van der Waals surface area contributed by atoms with Gasteiger partial charge in [0.1, 0.15) is 5.82 Å². The summed E-state index contributed by atoms with van der Waals surface area (Å²) in [6, 6.07) is 2.87. The van der Waals surface area contributed by atoms with Crippen molar-refractivity contribution in [3.05, 3.63) is 29.6 Å². The van der Waals surface area contributed by atoms with E-state index in [1.54, 1.807) is 13.8 Å². The molecule has 1 aromatic rings. The van der Waals surface area contributed by atoms with Gasteiger partial charge in [-0.1, -0.05) is 0 Å². The van der Waals surface area contributed by atoms with Gasteiger partial charge in [-0.25, -0.2) is 17.9 Å². The zero-order valence-corrected chi connectivity index (χ0v) is 12.3. The third-order valence-corrected chi connectivity index (χ3v) is 3.65. The van der Waals surface area contributed by atoms with Crippen molar-refractivity contribution < 1.29 is 22.3 Å². The molecular weight excluding hydrogens is 287 g/mol. The number of benzene rings is 1. The molecule has 0 spiro atoms. The number of halogens is 1. The van der Waals surface area contributed by atoms with Gasteiger partial charge in [0.25, 0.3) is 5.91 Å². The molecule has 1 amide bonds. The third kappa shape index (κ3) is 4.26. The molecule has 8 heteroatoms. The van der Waals surface area contributed by atoms with Crippen molar-refractivity contribution in [3.8, 4) is 0 Å². The van der Waals surface area contributed by atoms with Crippen LogP contribution in [0, 0.1) is 5.82 Å². The first-order chi connectivity index (χ1) is 9.07. The molecule has 3 N–H and O–H groups in total. The summed E-state index contributed by atoms with van der Waals surface area (Å²) in [5.41, 5.74) is -0.851. The maximum Gasteiger partial charge on any atom is 0.254 e. The molecule has 0 saturated carbocycles. The highest BCUT2D eigenvalue weighted by Crippen LogP contribution is 2.14. The van der Waals surface area contributed by atoms with E-state index in [0.717, 1.165) is 12.1 Å². The third-order valence-electron chi connectivity index (χ3n) is 2.74. The van der Waals surface area contributed by atoms with E-state index < -0.39 is 27.3 Å². The Labute approximate surface area is 117 Å². The van der Waals surface area contributed by atoms with E-state index in [4.69, 9.17) is 9.88 Å². The number of nitrogens with two attached hydrogens (primary N) is 1. The van der Waals surface area contributed by atoms with Gasteiger partial charge in [-0.2, -0.15) is 0 Å². The molecule has 0 atom stereocenters. The molecule has 6 nitrogen and oxygen atoms in total. The number of carbonyl (C=O) groups is 1. The quantitative estimate of drug-likeness (QED) is 0.833. The smallest absolute Gasteiger partial charge is 0.254 e. The minimum atomic E-state index is -4.00. The van der Waals surface area contributed by atoms with Crippen molar-refractivity contribution >= 4 is 15.9 Å². The van der Waals surface area contributed by atoms with E-state index in [1.807, 2.05) is 0 Å². The average Bonchev–Trinajstić information content (AvgIpc) is 2.35. The minimum Gasteiger partial charge on any atom is -0.377 e. The maximum atomic E-state index is 13.7. The largest absolute Gasteiger partial charge is 0.377 e. The van der Waals surface area contributed by atoms with Gasteiger partial charge < -0.3 is 10.1 Å². The fraction of sp³-hybridized carbons (Fsp3) is 0.417. The van der Waals surface area contributed by atoms with Gasteiger partial charge >= 0.3 is 0 Å². The Balaban J connectivity index is 2.91. The first kappa shape index (κ1) is 16.5. The van der Waals surface area contributed by atoms with Gasteiger partial charge in [0.15, 0.2) is 0 Å². The van der Waals surface area contributed by atoms with Crippen LogP contribution in [0.1, 0.15) is 24.2 Å². The second-order valence-electron chi connectivity index (χ2n) is 4.83. The maximum absolute atomic E-state index is 13.7. The van der Waals surface area contributed by atoms with Crippen LogP contribution in [0.25, 0.3) is 0 Å². The van der Waals surface area contributed by atoms with Crippen molar-refractivity contribution in [2.45, 2.75) is 24.3 Å². The lowest BCUT2D eigenvalue weighted by Gasteiger charge is -2.23. The highest BCUT2D eigenvalue weighted by molar-refractivity contribution is 7.89. The predicted octanol–water partition coefficient (Wildman–Crippen LogP) is 0.628. The molecule has 112 valence electrons. The highest BCUT2D eigenvalue weighted by atomic mass is 32.2. The second kappa shape index (κ2) is 5.86. The number of amides is 1. The molecule has 0 heterocycles. The van der Waals surface area contributed by atoms with Crippen LogP contribution in [-0.4, -0.2) is 33.6 Å². The van der Waals surface area contributed by atoms with Crippen molar-refractivity contribution in [2.24, 2.45) is 5.14 Å². The second-order valence-corrected chi connectivity index (χ2v) is 6.39. The van der Waals surface area contributed by atoms with Crippen LogP contribution in [-0.2, 0) is 14.8 Å². The van der Waals surface area contributed by atoms with Gasteiger partial charge in [0.05, 0.1) is 16.1 Å². The SMILES string of the molecule is COC(C)(C)CNC(=O)c1ccc(S(N)(=O)=O)cc1F. The zero-order chi connectivity index (χ0) is 15.6. The molecule has 0 fully saturated rings. The van der Waals surface area contributed by atoms with Crippen LogP contribution < -0.4 is 10.5 Å². The molecule has 0 bridgehead atoms. The van der Waals surface area contributed by atoms with Gasteiger partial charge in [0, 0.05) is 13.7 Å². The minimum absolute atomic E-state index is 0.179. The van der Waals surface area contributed by atoms with E-state index >= 15 is 0 Å². The molecule has 0 aliphatic carbocycles. The fourth-order valence-corrected chi connectivity index (χ4v) is 1.84. The normalized spacial score (nSPS) is 12.2. The highest BCUT2D eigenvalue weighted by Gasteiger charge is 2.20. The molecule has 0 aliphatic rings. The molecule has 1 rings (SSSR count). The molecule has 0 aromatic heterocycles. The lowest BCUT2D eigenvalue weighted by Crippen LogP contribution is -2.40. The van der Waals surface area contributed by atoms with Crippen molar-refractivity contribution in [1.82, 2.24) is 5.32 Å². The summed E-state index contributed by atoms with van der Waals surface area (Å²) in [6.45, 7) is 3.69. The van der Waals surface area contributed by atoms with Crippen molar-refractivity contribution in [1.29, 1.82) is 0 Å². The van der Waals surface area contributed by atoms with Crippen LogP contribution >= 0.6 is 0 Å². The number of hydrogen-bond donors (Lipinski definition) is 2. The summed E-state index contributed by atoms with van der Waals surface area (Å²) in [6.07, 6.45) is 0. The van der Waals surface area contributed by atoms with Crippen LogP contribution in [0.3, 0.4) is 0 Å². The number of nitrogens with one attached hydrogen (secondary N) is 1. The van der Waals surface area contributed by atoms with E-state index in [0.29, 0.717) is 6.07 Å². The topological polar surface area (TPSA) is 98.5 Å². The molecule has 0 radical (unpaired) electrons. The summed E-state index contributed by atoms with van der Waals surface area (Å²) in [5, 5.41) is 7.38. The van der Waals surface area contributed by atoms with Crippen LogP contribution in [0.4, 0.5) is 4.39 Å². The zero-order valence-electron chi connectivity index (χ0n) is 11.4. The Bertz CT molecular complexity index is 614. The van der Waals surface area contributed by atoms with Gasteiger partial charge in [-0.05, 0) is 32.0 Å². The van der Waals surface area contributed by atoms with Crippen LogP contribution in [0.15, 0.2) is 23.1 Å². The number of primary sulfonamides is 1. The summed E-state index contributed by atoms with van der Waals surface area (Å²) in [4.78, 5) is 11.4. The van der Waals surface area contributed by atoms with Crippen LogP contribution in [0.2, 0.25) is 0 Å². The molecular formula is C12H17FN2O4S. The van der Waals surface area contributed by atoms with E-state index in [9.17, 15) is 17.6 Å². The lowest BCUT2D eigenvalue weighted by atomic mass is 10.1. The lowest BCUT2D eigenvalue weighted by molar-refractivity contribution is 0.0228. The first-order valence-electron chi connectivity index (χ1n) is 5.72. The summed E-state index contributed by atoms with van der Waals surface area (Å²) < 4.78 is 40.9. The van der Waals surface area contributed by atoms with E-state index in [2.05, 4.69) is 5.32 Å². The van der Waals surface area contributed by atoms with E-state index in [-0.39, 0.29) is 17.0 Å².